The Morgan fingerprint density at radius 1 is 1.08 bits per heavy atom. The zero-order valence-electron chi connectivity index (χ0n) is 20.1. The molecule has 2 aromatic rings. The molecular formula is C23H25F6N3O7. The number of halogens is 6. The van der Waals surface area contributed by atoms with E-state index in [4.69, 9.17) is 29.0 Å². The van der Waals surface area contributed by atoms with Gasteiger partial charge < -0.3 is 24.7 Å². The fourth-order valence-corrected chi connectivity index (χ4v) is 3.99. The highest BCUT2D eigenvalue weighted by Crippen LogP contribution is 2.36. The van der Waals surface area contributed by atoms with E-state index in [0.717, 1.165) is 38.3 Å². The molecule has 216 valence electrons. The van der Waals surface area contributed by atoms with Gasteiger partial charge in [-0.2, -0.15) is 26.3 Å². The number of aliphatic carboxylic acids is 2. The number of likely N-dealkylation sites (tertiary alicyclic amines) is 1. The van der Waals surface area contributed by atoms with E-state index in [2.05, 4.69) is 15.2 Å². The Morgan fingerprint density at radius 3 is 2.23 bits per heavy atom. The third kappa shape index (κ3) is 10.9. The molecule has 3 N–H and O–H groups in total. The molecule has 0 spiro atoms. The molecule has 2 fully saturated rings. The van der Waals surface area contributed by atoms with E-state index in [-0.39, 0.29) is 12.0 Å². The van der Waals surface area contributed by atoms with Gasteiger partial charge in [0.15, 0.2) is 0 Å². The average Bonchev–Trinajstić information content (AvgIpc) is 3.49. The van der Waals surface area contributed by atoms with Gasteiger partial charge >= 0.3 is 24.3 Å². The first-order valence-corrected chi connectivity index (χ1v) is 11.3. The van der Waals surface area contributed by atoms with Gasteiger partial charge in [0.2, 0.25) is 5.91 Å². The molecule has 16 heteroatoms. The number of anilines is 1. The van der Waals surface area contributed by atoms with Crippen molar-refractivity contribution in [1.82, 2.24) is 9.88 Å². The summed E-state index contributed by atoms with van der Waals surface area (Å²) in [5.41, 5.74) is 1.95. The predicted molar refractivity (Wildman–Crippen MR) is 120 cm³/mol. The quantitative estimate of drug-likeness (QED) is 0.459. The van der Waals surface area contributed by atoms with Crippen LogP contribution < -0.4 is 5.32 Å². The van der Waals surface area contributed by atoms with Gasteiger partial charge in [0, 0.05) is 30.8 Å². The van der Waals surface area contributed by atoms with E-state index in [1.165, 1.54) is 5.56 Å². The highest BCUT2D eigenvalue weighted by molar-refractivity contribution is 5.90. The van der Waals surface area contributed by atoms with Crippen LogP contribution in [0.5, 0.6) is 0 Å². The maximum Gasteiger partial charge on any atom is 0.490 e. The van der Waals surface area contributed by atoms with Crippen LogP contribution in [0, 0.1) is 11.8 Å². The third-order valence-electron chi connectivity index (χ3n) is 5.68. The van der Waals surface area contributed by atoms with Gasteiger partial charge in [0.1, 0.15) is 0 Å². The second-order valence-corrected chi connectivity index (χ2v) is 8.55. The van der Waals surface area contributed by atoms with Crippen LogP contribution in [0.25, 0.3) is 0 Å². The van der Waals surface area contributed by atoms with Gasteiger partial charge in [-0.15, -0.1) is 0 Å². The smallest absolute Gasteiger partial charge is 0.475 e. The summed E-state index contributed by atoms with van der Waals surface area (Å²) in [5, 5.41) is 17.2. The highest BCUT2D eigenvalue weighted by atomic mass is 19.4. The molecule has 4 rings (SSSR count). The number of carboxylic acid groups (broad SMARTS) is 2. The Bertz CT molecular complexity index is 1040. The summed E-state index contributed by atoms with van der Waals surface area (Å²) in [6, 6.07) is 5.67. The topological polar surface area (TPSA) is 142 Å². The number of carboxylic acids is 2. The Labute approximate surface area is 217 Å². The predicted octanol–water partition coefficient (Wildman–Crippen LogP) is 3.81. The summed E-state index contributed by atoms with van der Waals surface area (Å²) in [5.74, 6) is -4.53. The van der Waals surface area contributed by atoms with Crippen molar-refractivity contribution >= 4 is 23.5 Å². The molecule has 0 aliphatic carbocycles. The highest BCUT2D eigenvalue weighted by Gasteiger charge is 2.41. The molecule has 3 atom stereocenters. The molecule has 0 unspecified atom stereocenters. The maximum absolute atomic E-state index is 12.3. The van der Waals surface area contributed by atoms with E-state index in [9.17, 15) is 31.1 Å². The molecule has 1 amide bonds. The van der Waals surface area contributed by atoms with Gasteiger partial charge in [-0.25, -0.2) is 9.59 Å². The van der Waals surface area contributed by atoms with Crippen LogP contribution in [-0.2, 0) is 25.7 Å². The lowest BCUT2D eigenvalue weighted by Gasteiger charge is -2.35. The number of amides is 1. The average molecular weight is 569 g/mol. The van der Waals surface area contributed by atoms with Crippen molar-refractivity contribution in [3.05, 3.63) is 48.7 Å². The van der Waals surface area contributed by atoms with Crippen molar-refractivity contribution in [3.8, 4) is 0 Å². The Hall–Kier alpha value is -3.66. The molecule has 0 aromatic carbocycles. The molecule has 39 heavy (non-hydrogen) atoms. The lowest BCUT2D eigenvalue weighted by molar-refractivity contribution is -0.193. The van der Waals surface area contributed by atoms with Crippen LogP contribution >= 0.6 is 0 Å². The first-order valence-electron chi connectivity index (χ1n) is 11.3. The van der Waals surface area contributed by atoms with Crippen molar-refractivity contribution in [2.45, 2.75) is 37.8 Å². The second-order valence-electron chi connectivity index (χ2n) is 8.55. The molecule has 10 nitrogen and oxygen atoms in total. The third-order valence-corrected chi connectivity index (χ3v) is 5.68. The number of aromatic nitrogens is 1. The maximum atomic E-state index is 12.3. The van der Waals surface area contributed by atoms with Crippen LogP contribution in [0.4, 0.5) is 32.0 Å². The van der Waals surface area contributed by atoms with E-state index < -0.39 is 24.3 Å². The first kappa shape index (κ1) is 31.6. The fourth-order valence-electron chi connectivity index (χ4n) is 3.99. The number of ether oxygens (including phenoxy) is 1. The lowest BCUT2D eigenvalue weighted by atomic mass is 9.83. The number of carbonyl (C=O) groups excluding carboxylic acids is 1. The summed E-state index contributed by atoms with van der Waals surface area (Å²) in [7, 11) is 0. The van der Waals surface area contributed by atoms with Gasteiger partial charge in [0.05, 0.1) is 43.5 Å². The summed E-state index contributed by atoms with van der Waals surface area (Å²) < 4.78 is 74.6. The van der Waals surface area contributed by atoms with Crippen molar-refractivity contribution < 1.29 is 60.1 Å². The zero-order chi connectivity index (χ0) is 29.2. The zero-order valence-corrected chi connectivity index (χ0v) is 20.1. The van der Waals surface area contributed by atoms with Gasteiger partial charge in [-0.05, 0) is 37.1 Å². The summed E-state index contributed by atoms with van der Waals surface area (Å²) >= 11 is 0. The van der Waals surface area contributed by atoms with Gasteiger partial charge in [-0.1, -0.05) is 0 Å². The normalized spacial score (nSPS) is 20.9. The number of nitrogens with zero attached hydrogens (tertiary/aromatic N) is 2. The SMILES string of the molecule is O=C(C[C@@H]1OC[C@H]2CN(Cc3ccoc3)CC[C@H]21)Nc1cccnc1.O=C(O)C(F)(F)F.O=C(O)C(F)(F)F. The van der Waals surface area contributed by atoms with E-state index in [1.807, 2.05) is 24.5 Å². The number of rotatable bonds is 5. The van der Waals surface area contributed by atoms with Crippen molar-refractivity contribution in [2.24, 2.45) is 11.8 Å². The van der Waals surface area contributed by atoms with E-state index >= 15 is 0 Å². The lowest BCUT2D eigenvalue weighted by Crippen LogP contribution is -2.41. The fraction of sp³-hybridized carbons (Fsp3) is 0.478. The van der Waals surface area contributed by atoms with Crippen LogP contribution in [-0.4, -0.2) is 76.1 Å². The van der Waals surface area contributed by atoms with E-state index in [0.29, 0.717) is 18.3 Å². The van der Waals surface area contributed by atoms with Crippen LogP contribution in [0.3, 0.4) is 0 Å². The van der Waals surface area contributed by atoms with Gasteiger partial charge in [-0.3, -0.25) is 14.7 Å². The molecule has 0 bridgehead atoms. The van der Waals surface area contributed by atoms with Crippen LogP contribution in [0.15, 0.2) is 47.5 Å². The minimum atomic E-state index is -5.08. The minimum Gasteiger partial charge on any atom is -0.475 e. The molecule has 0 radical (unpaired) electrons. The standard InChI is InChI=1S/C19H23N3O3.2C2HF3O2/c23-19(21-16-2-1-5-20-9-16)8-18-17-3-6-22(11-15(17)13-25-18)10-14-4-7-24-12-14;2*3-2(4,5)1(6)7/h1-2,4-5,7,9,12,15,17-18H,3,6,8,10-11,13H2,(H,21,23);2*(H,6,7)/t15-,17-,18+;;/m1../s1. The number of furan rings is 1. The van der Waals surface area contributed by atoms with Crippen LogP contribution in [0.2, 0.25) is 0 Å². The number of fused-ring (bicyclic) bond motifs is 1. The minimum absolute atomic E-state index is 0.000485. The molecule has 2 saturated heterocycles. The van der Waals surface area contributed by atoms with Gasteiger partial charge in [0.25, 0.3) is 0 Å². The molecule has 0 saturated carbocycles. The number of alkyl halides is 6. The Kier molecular flexibility index (Phi) is 11.3. The van der Waals surface area contributed by atoms with Crippen molar-refractivity contribution in [1.29, 1.82) is 0 Å². The van der Waals surface area contributed by atoms with Crippen molar-refractivity contribution in [3.63, 3.8) is 0 Å². The Balaban J connectivity index is 0.000000317. The monoisotopic (exact) mass is 569 g/mol. The number of piperidine rings is 1. The molecule has 2 aliphatic heterocycles. The molecule has 2 aromatic heterocycles. The Morgan fingerprint density at radius 2 is 1.72 bits per heavy atom. The summed E-state index contributed by atoms with van der Waals surface area (Å²) in [6.07, 6.45) is -1.77. The number of pyridine rings is 1. The number of hydrogen-bond donors (Lipinski definition) is 3. The molecular weight excluding hydrogens is 544 g/mol. The number of carbonyl (C=O) groups is 3. The van der Waals surface area contributed by atoms with Crippen molar-refractivity contribution in [2.75, 3.05) is 25.0 Å². The summed E-state index contributed by atoms with van der Waals surface area (Å²) in [4.78, 5) is 36.5. The summed E-state index contributed by atoms with van der Waals surface area (Å²) in [6.45, 7) is 3.73. The molecule has 2 aliphatic rings. The largest absolute Gasteiger partial charge is 0.490 e. The number of nitrogens with one attached hydrogen (secondary N) is 1. The van der Waals surface area contributed by atoms with Crippen LogP contribution in [0.1, 0.15) is 18.4 Å². The molecule has 4 heterocycles. The first-order chi connectivity index (χ1) is 18.2. The second kappa shape index (κ2) is 13.9. The van der Waals surface area contributed by atoms with E-state index in [1.54, 1.807) is 18.7 Å². The number of hydrogen-bond acceptors (Lipinski definition) is 7.